The van der Waals surface area contributed by atoms with Crippen LogP contribution >= 0.6 is 0 Å². The molecule has 5 heteroatoms. The summed E-state index contributed by atoms with van der Waals surface area (Å²) in [4.78, 5) is 11.4. The Morgan fingerprint density at radius 2 is 1.90 bits per heavy atom. The molecule has 2 aliphatic carbocycles. The summed E-state index contributed by atoms with van der Waals surface area (Å²) in [6.07, 6.45) is 6.87. The molecule has 0 amide bonds. The smallest absolute Gasteiger partial charge is 0.306 e. The first-order valence-corrected chi connectivity index (χ1v) is 9.42. The van der Waals surface area contributed by atoms with Crippen LogP contribution in [-0.2, 0) is 19.4 Å². The second-order valence-corrected chi connectivity index (χ2v) is 8.77. The van der Waals surface area contributed by atoms with Crippen LogP contribution in [0.4, 0.5) is 0 Å². The second kappa shape index (κ2) is 6.04. The summed E-state index contributed by atoms with van der Waals surface area (Å²) in [5.74, 6) is 0.201. The van der Waals surface area contributed by atoms with Crippen LogP contribution in [0.5, 0.6) is 0 Å². The minimum absolute atomic E-state index is 0.177. The highest BCUT2D eigenvalue weighted by atomic mass is 32.2. The number of esters is 1. The molecular weight excluding hydrogens is 276 g/mol. The van der Waals surface area contributed by atoms with Crippen molar-refractivity contribution in [3.63, 3.8) is 0 Å². The molecule has 0 aliphatic heterocycles. The van der Waals surface area contributed by atoms with Gasteiger partial charge in [-0.05, 0) is 37.0 Å². The monoisotopic (exact) mass is 302 g/mol. The lowest BCUT2D eigenvalue weighted by Gasteiger charge is -2.31. The quantitative estimate of drug-likeness (QED) is 0.708. The Kier molecular flexibility index (Phi) is 4.77. The summed E-state index contributed by atoms with van der Waals surface area (Å²) in [6, 6.07) is 0. The number of rotatable bonds is 6. The average molecular weight is 302 g/mol. The maximum absolute atomic E-state index is 12.7. The molecule has 116 valence electrons. The fourth-order valence-electron chi connectivity index (χ4n) is 3.57. The lowest BCUT2D eigenvalue weighted by atomic mass is 9.87. The van der Waals surface area contributed by atoms with E-state index in [1.54, 1.807) is 0 Å². The van der Waals surface area contributed by atoms with E-state index in [0.29, 0.717) is 5.92 Å². The molecule has 0 saturated heterocycles. The maximum Gasteiger partial charge on any atom is 0.306 e. The van der Waals surface area contributed by atoms with Gasteiger partial charge in [0.25, 0.3) is 0 Å². The zero-order valence-electron chi connectivity index (χ0n) is 12.6. The molecular formula is C15H26O4S. The number of carbonyl (C=O) groups excluding carboxylic acids is 1. The van der Waals surface area contributed by atoms with Crippen LogP contribution in [0.15, 0.2) is 0 Å². The normalized spacial score (nSPS) is 28.9. The number of sulfone groups is 1. The molecule has 2 atom stereocenters. The van der Waals surface area contributed by atoms with Crippen LogP contribution in [0.2, 0.25) is 0 Å². The Hall–Kier alpha value is -0.580. The van der Waals surface area contributed by atoms with Gasteiger partial charge in [-0.3, -0.25) is 4.79 Å². The molecule has 0 aromatic carbocycles. The van der Waals surface area contributed by atoms with E-state index in [9.17, 15) is 13.2 Å². The molecule has 20 heavy (non-hydrogen) atoms. The zero-order valence-corrected chi connectivity index (χ0v) is 13.4. The van der Waals surface area contributed by atoms with E-state index in [4.69, 9.17) is 4.74 Å². The number of hydrogen-bond acceptors (Lipinski definition) is 4. The van der Waals surface area contributed by atoms with E-state index in [-0.39, 0.29) is 28.8 Å². The first-order chi connectivity index (χ1) is 9.42. The zero-order chi connectivity index (χ0) is 14.8. The first-order valence-electron chi connectivity index (χ1n) is 7.71. The van der Waals surface area contributed by atoms with Gasteiger partial charge in [0.15, 0.2) is 9.84 Å². The fraction of sp³-hybridized carbons (Fsp3) is 0.933. The molecule has 0 spiro atoms. The largest absolute Gasteiger partial charge is 0.469 e. The molecule has 0 heterocycles. The third-order valence-corrected chi connectivity index (χ3v) is 7.59. The van der Waals surface area contributed by atoms with Gasteiger partial charge in [0, 0.05) is 0 Å². The van der Waals surface area contributed by atoms with E-state index in [0.717, 1.165) is 44.9 Å². The van der Waals surface area contributed by atoms with Crippen LogP contribution in [0, 0.1) is 11.3 Å². The summed E-state index contributed by atoms with van der Waals surface area (Å²) in [5.41, 5.74) is -0.318. The Bertz CT molecular complexity index is 450. The number of ether oxygens (including phenoxy) is 1. The van der Waals surface area contributed by atoms with Gasteiger partial charge in [-0.2, -0.15) is 0 Å². The van der Waals surface area contributed by atoms with E-state index < -0.39 is 9.84 Å². The fourth-order valence-corrected chi connectivity index (χ4v) is 6.47. The molecule has 0 aromatic rings. The average Bonchev–Trinajstić information content (AvgIpc) is 3.16. The Labute approximate surface area is 122 Å². The molecule has 4 nitrogen and oxygen atoms in total. The topological polar surface area (TPSA) is 60.4 Å². The van der Waals surface area contributed by atoms with Crippen molar-refractivity contribution >= 4 is 15.8 Å². The second-order valence-electron chi connectivity index (χ2n) is 6.55. The lowest BCUT2D eigenvalue weighted by molar-refractivity contribution is -0.141. The summed E-state index contributed by atoms with van der Waals surface area (Å²) in [5, 5.41) is -0.184. The van der Waals surface area contributed by atoms with Crippen molar-refractivity contribution in [2.24, 2.45) is 11.3 Å². The third kappa shape index (κ3) is 3.54. The van der Waals surface area contributed by atoms with E-state index in [1.165, 1.54) is 7.11 Å². The van der Waals surface area contributed by atoms with Gasteiger partial charge in [0.1, 0.15) is 0 Å². The molecule has 0 bridgehead atoms. The van der Waals surface area contributed by atoms with Crippen LogP contribution in [0.3, 0.4) is 0 Å². The van der Waals surface area contributed by atoms with E-state index >= 15 is 0 Å². The number of hydrogen-bond donors (Lipinski definition) is 0. The van der Waals surface area contributed by atoms with Gasteiger partial charge in [-0.1, -0.05) is 26.2 Å². The molecule has 2 saturated carbocycles. The van der Waals surface area contributed by atoms with Crippen LogP contribution in [-0.4, -0.2) is 32.5 Å². The summed E-state index contributed by atoms with van der Waals surface area (Å²) in [6.45, 7) is 2.08. The molecule has 2 unspecified atom stereocenters. The van der Waals surface area contributed by atoms with Crippen molar-refractivity contribution in [1.29, 1.82) is 0 Å². The standard InChI is InChI=1S/C15H26O4S/c1-3-12-6-4-5-7-13(12)20(17,18)11-15(8-9-15)10-14(16)19-2/h12-13H,3-11H2,1-2H3. The summed E-state index contributed by atoms with van der Waals surface area (Å²) < 4.78 is 30.2. The predicted octanol–water partition coefficient (Wildman–Crippen LogP) is 2.71. The molecule has 2 rings (SSSR count). The number of methoxy groups -OCH3 is 1. The van der Waals surface area contributed by atoms with Gasteiger partial charge in [0.05, 0.1) is 24.5 Å². The van der Waals surface area contributed by atoms with Crippen LogP contribution in [0.1, 0.15) is 58.3 Å². The van der Waals surface area contributed by atoms with Gasteiger partial charge in [0.2, 0.25) is 0 Å². The minimum Gasteiger partial charge on any atom is -0.469 e. The van der Waals surface area contributed by atoms with Gasteiger partial charge < -0.3 is 4.74 Å². The summed E-state index contributed by atoms with van der Waals surface area (Å²) in [7, 11) is -1.74. The van der Waals surface area contributed by atoms with Crippen molar-refractivity contribution in [2.75, 3.05) is 12.9 Å². The number of carbonyl (C=O) groups is 1. The van der Waals surface area contributed by atoms with E-state index in [2.05, 4.69) is 6.92 Å². The highest BCUT2D eigenvalue weighted by Crippen LogP contribution is 2.51. The van der Waals surface area contributed by atoms with Crippen molar-refractivity contribution in [2.45, 2.75) is 63.5 Å². The van der Waals surface area contributed by atoms with Crippen LogP contribution < -0.4 is 0 Å². The molecule has 2 aliphatic rings. The van der Waals surface area contributed by atoms with E-state index in [1.807, 2.05) is 0 Å². The van der Waals surface area contributed by atoms with Crippen molar-refractivity contribution < 1.29 is 17.9 Å². The van der Waals surface area contributed by atoms with Crippen molar-refractivity contribution in [3.05, 3.63) is 0 Å². The molecule has 0 aromatic heterocycles. The minimum atomic E-state index is -3.10. The highest BCUT2D eigenvalue weighted by Gasteiger charge is 2.50. The third-order valence-electron chi connectivity index (χ3n) is 5.04. The lowest BCUT2D eigenvalue weighted by Crippen LogP contribution is -2.37. The molecule has 0 N–H and O–H groups in total. The summed E-state index contributed by atoms with van der Waals surface area (Å²) >= 11 is 0. The van der Waals surface area contributed by atoms with Crippen LogP contribution in [0.25, 0.3) is 0 Å². The maximum atomic E-state index is 12.7. The SMILES string of the molecule is CCC1CCCCC1S(=O)(=O)CC1(CC(=O)OC)CC1. The molecule has 2 fully saturated rings. The van der Waals surface area contributed by atoms with Gasteiger partial charge >= 0.3 is 5.97 Å². The Morgan fingerprint density at radius 1 is 1.25 bits per heavy atom. The first kappa shape index (κ1) is 15.8. The molecule has 0 radical (unpaired) electrons. The van der Waals surface area contributed by atoms with Gasteiger partial charge in [-0.25, -0.2) is 8.42 Å². The van der Waals surface area contributed by atoms with Gasteiger partial charge in [-0.15, -0.1) is 0 Å². The Morgan fingerprint density at radius 3 is 2.45 bits per heavy atom. The Balaban J connectivity index is 2.05. The van der Waals surface area contributed by atoms with Crippen molar-refractivity contribution in [3.8, 4) is 0 Å². The highest BCUT2D eigenvalue weighted by molar-refractivity contribution is 7.92. The van der Waals surface area contributed by atoms with Crippen molar-refractivity contribution in [1.82, 2.24) is 0 Å². The predicted molar refractivity (Wildman–Crippen MR) is 78.1 cm³/mol.